The molecule has 3 heterocycles. The number of carbonyl (C=O) groups excluding carboxylic acids is 3. The van der Waals surface area contributed by atoms with E-state index in [1.807, 2.05) is 6.92 Å². The van der Waals surface area contributed by atoms with Crippen molar-refractivity contribution < 1.29 is 33.5 Å². The Labute approximate surface area is 297 Å². The van der Waals surface area contributed by atoms with E-state index in [1.165, 1.54) is 33.5 Å². The van der Waals surface area contributed by atoms with E-state index >= 15 is 0 Å². The zero-order valence-corrected chi connectivity index (χ0v) is 31.9. The van der Waals surface area contributed by atoms with E-state index in [1.54, 1.807) is 4.90 Å². The molecule has 0 aliphatic carbocycles. The van der Waals surface area contributed by atoms with E-state index in [9.17, 15) is 14.4 Å². The second-order valence-corrected chi connectivity index (χ2v) is 16.0. The van der Waals surface area contributed by atoms with Crippen LogP contribution in [0, 0.1) is 35.5 Å². The average Bonchev–Trinajstić information content (AvgIpc) is 3.41. The first-order chi connectivity index (χ1) is 23.0. The fraction of sp³-hybridized carbons (Fsp3) is 0.657. The molecule has 49 heavy (non-hydrogen) atoms. The highest BCUT2D eigenvalue weighted by molar-refractivity contribution is 7.39. The number of piperidine rings is 1. The van der Waals surface area contributed by atoms with Crippen molar-refractivity contribution in [3.63, 3.8) is 0 Å². The van der Waals surface area contributed by atoms with E-state index in [0.29, 0.717) is 52.6 Å². The van der Waals surface area contributed by atoms with Crippen molar-refractivity contribution >= 4 is 44.2 Å². The predicted molar refractivity (Wildman–Crippen MR) is 193 cm³/mol. The van der Waals surface area contributed by atoms with Crippen LogP contribution in [0.3, 0.4) is 0 Å². The summed E-state index contributed by atoms with van der Waals surface area (Å²) < 4.78 is 4.73. The predicted octanol–water partition coefficient (Wildman–Crippen LogP) is 4.47. The van der Waals surface area contributed by atoms with Crippen molar-refractivity contribution in [1.29, 1.82) is 0 Å². The van der Waals surface area contributed by atoms with Crippen molar-refractivity contribution in [2.75, 3.05) is 39.8 Å². The molecule has 2 atom stereocenters. The highest BCUT2D eigenvalue weighted by atomic mass is 32.1. The number of nitrogens with zero attached hydrogens (tertiary/aromatic N) is 5. The fourth-order valence-electron chi connectivity index (χ4n) is 5.14. The van der Waals surface area contributed by atoms with Gasteiger partial charge in [0.2, 0.25) is 12.3 Å². The van der Waals surface area contributed by atoms with Gasteiger partial charge in [-0.3, -0.25) is 19.2 Å². The van der Waals surface area contributed by atoms with Gasteiger partial charge in [-0.15, -0.1) is 17.8 Å². The largest absolute Gasteiger partial charge is 0.334 e. The number of carbonyl (C=O) groups is 3. The summed E-state index contributed by atoms with van der Waals surface area (Å²) in [5, 5.41) is 1.69. The summed E-state index contributed by atoms with van der Waals surface area (Å²) in [4.78, 5) is 73.0. The number of thiazole rings is 1. The maximum Gasteiger partial charge on any atom is 0.327 e. The van der Waals surface area contributed by atoms with Crippen LogP contribution in [-0.4, -0.2) is 111 Å². The van der Waals surface area contributed by atoms with E-state index in [2.05, 4.69) is 76.2 Å². The molecular weight excluding hydrogens is 665 g/mol. The first-order valence-electron chi connectivity index (χ1n) is 16.7. The summed E-state index contributed by atoms with van der Waals surface area (Å²) in [7, 11) is -0.331. The smallest absolute Gasteiger partial charge is 0.327 e. The quantitative estimate of drug-likeness (QED) is 0.0757. The second-order valence-electron chi connectivity index (χ2n) is 14.2. The monoisotopic (exact) mass is 719 g/mol. The zero-order valence-electron chi connectivity index (χ0n) is 30.2. The molecule has 1 aromatic heterocycles. The maximum absolute atomic E-state index is 13.7. The number of rotatable bonds is 13. The number of hydrogen-bond donors (Lipinski definition) is 2. The number of terminal acetylenes is 1. The third-order valence-corrected chi connectivity index (χ3v) is 8.60. The van der Waals surface area contributed by atoms with Gasteiger partial charge in [0.1, 0.15) is 22.1 Å². The van der Waals surface area contributed by atoms with Gasteiger partial charge in [0, 0.05) is 18.5 Å². The minimum Gasteiger partial charge on any atom is -0.334 e. The molecule has 2 aliphatic heterocycles. The van der Waals surface area contributed by atoms with Gasteiger partial charge in [0.05, 0.1) is 19.3 Å². The molecule has 1 aromatic rings. The Balaban J connectivity index is 0.00000155. The van der Waals surface area contributed by atoms with Crippen molar-refractivity contribution in [3.8, 4) is 24.2 Å². The Kier molecular flexibility index (Phi) is 17.9. The first kappa shape index (κ1) is 42.3. The molecular formula is C35H54N5O7PS. The Bertz CT molecular complexity index is 1350. The minimum absolute atomic E-state index is 0.0299. The normalized spacial score (nSPS) is 18.2. The standard InChI is InChI=1S/C30H42N5O7PS.C5H12/c1-6-26-25(10-8-7-9-17-41-43(39)40)31-27(44-26)11-12-29(37)35(42-23(4)18-22(2)3)28-19-34(30(38)20-33(28)21-36)24-13-15-32(5)16-14-24;1-5(2,3)4/h1,11-12,21-24,28,39-40H,7,9,13-20H2,2-5H3;1-4H3/b12-11+;. The number of hydroxylamine groups is 2. The van der Waals surface area contributed by atoms with Crippen LogP contribution in [0.2, 0.25) is 0 Å². The first-order valence-corrected chi connectivity index (χ1v) is 18.6. The summed E-state index contributed by atoms with van der Waals surface area (Å²) >= 11 is 1.21. The third-order valence-electron chi connectivity index (χ3n) is 7.23. The zero-order chi connectivity index (χ0) is 36.7. The second kappa shape index (κ2) is 20.7. The van der Waals surface area contributed by atoms with Crippen LogP contribution in [0.1, 0.15) is 96.1 Å². The van der Waals surface area contributed by atoms with Crippen LogP contribution in [0.25, 0.3) is 6.08 Å². The summed E-state index contributed by atoms with van der Waals surface area (Å²) in [6, 6.07) is 0.0299. The van der Waals surface area contributed by atoms with Gasteiger partial charge in [-0.25, -0.2) is 4.98 Å². The van der Waals surface area contributed by atoms with Crippen LogP contribution in [0.15, 0.2) is 6.08 Å². The maximum atomic E-state index is 13.7. The van der Waals surface area contributed by atoms with Gasteiger partial charge >= 0.3 is 8.60 Å². The molecule has 2 aliphatic rings. The molecule has 2 saturated heterocycles. The summed E-state index contributed by atoms with van der Waals surface area (Å²) in [6.45, 7) is 16.7. The fourth-order valence-corrected chi connectivity index (χ4v) is 6.17. The number of aromatic nitrogens is 1. The van der Waals surface area contributed by atoms with Gasteiger partial charge in [-0.1, -0.05) is 53.4 Å². The highest BCUT2D eigenvalue weighted by Crippen LogP contribution is 2.25. The molecule has 0 aromatic carbocycles. The summed E-state index contributed by atoms with van der Waals surface area (Å²) in [6.07, 6.45) is 11.3. The Morgan fingerprint density at radius 1 is 1.22 bits per heavy atom. The van der Waals surface area contributed by atoms with Crippen LogP contribution < -0.4 is 0 Å². The molecule has 3 rings (SSSR count). The lowest BCUT2D eigenvalue weighted by atomic mass is 10.0. The molecule has 2 unspecified atom stereocenters. The van der Waals surface area contributed by atoms with E-state index in [4.69, 9.17) is 25.6 Å². The molecule has 0 bridgehead atoms. The van der Waals surface area contributed by atoms with E-state index in [-0.39, 0.29) is 37.7 Å². The molecule has 0 saturated carbocycles. The van der Waals surface area contributed by atoms with Gasteiger partial charge in [0.25, 0.3) is 5.91 Å². The van der Waals surface area contributed by atoms with Crippen molar-refractivity contribution in [3.05, 3.63) is 21.7 Å². The summed E-state index contributed by atoms with van der Waals surface area (Å²) in [5.74, 6) is 8.12. The highest BCUT2D eigenvalue weighted by Gasteiger charge is 2.41. The van der Waals surface area contributed by atoms with E-state index < -0.39 is 20.7 Å². The van der Waals surface area contributed by atoms with Gasteiger partial charge in [-0.05, 0) is 76.1 Å². The van der Waals surface area contributed by atoms with Gasteiger partial charge in [-0.2, -0.15) is 5.06 Å². The Morgan fingerprint density at radius 2 is 1.88 bits per heavy atom. The number of piperazine rings is 1. The topological polar surface area (TPSA) is 136 Å². The van der Waals surface area contributed by atoms with Gasteiger partial charge in [0.15, 0.2) is 6.17 Å². The number of likely N-dealkylation sites (tertiary alicyclic amines) is 1. The molecule has 2 N–H and O–H groups in total. The lowest BCUT2D eigenvalue weighted by molar-refractivity contribution is -0.241. The van der Waals surface area contributed by atoms with Crippen LogP contribution in [0.5, 0.6) is 0 Å². The molecule has 12 nitrogen and oxygen atoms in total. The number of hydrogen-bond acceptors (Lipinski definition) is 10. The van der Waals surface area contributed by atoms with Crippen LogP contribution >= 0.6 is 19.9 Å². The van der Waals surface area contributed by atoms with Crippen LogP contribution in [0.4, 0.5) is 0 Å². The number of amides is 3. The van der Waals surface area contributed by atoms with Crippen molar-refractivity contribution in [2.24, 2.45) is 11.3 Å². The summed E-state index contributed by atoms with van der Waals surface area (Å²) in [5.41, 5.74) is 0.905. The van der Waals surface area contributed by atoms with Crippen molar-refractivity contribution in [2.45, 2.75) is 98.9 Å². The Morgan fingerprint density at radius 3 is 2.45 bits per heavy atom. The SMILES string of the molecule is C#Cc1sc(/C=C/C(=O)N(OC(C)CC(C)C)C2CN(C3CCN(C)CC3)C(=O)CN2C=O)nc1C#CCCCOP(O)O.CC(C)(C)C. The lowest BCUT2D eigenvalue weighted by Gasteiger charge is -2.47. The molecule has 3 amide bonds. The lowest BCUT2D eigenvalue weighted by Crippen LogP contribution is -2.65. The molecule has 0 spiro atoms. The average molecular weight is 720 g/mol. The van der Waals surface area contributed by atoms with Crippen molar-refractivity contribution in [1.82, 2.24) is 24.7 Å². The minimum atomic E-state index is -2.38. The molecule has 272 valence electrons. The van der Waals surface area contributed by atoms with E-state index in [0.717, 1.165) is 25.9 Å². The third kappa shape index (κ3) is 15.7. The number of unbranched alkanes of at least 4 members (excludes halogenated alkanes) is 1. The van der Waals surface area contributed by atoms with Crippen LogP contribution in [-0.2, 0) is 23.7 Å². The molecule has 14 heteroatoms. The molecule has 0 radical (unpaired) electrons. The Hall–Kier alpha value is -2.87. The molecule has 2 fully saturated rings. The van der Waals surface area contributed by atoms with Gasteiger partial charge < -0.3 is 29.0 Å².